The molecule has 7 nitrogen and oxygen atoms in total. The molecule has 0 unspecified atom stereocenters. The summed E-state index contributed by atoms with van der Waals surface area (Å²) in [6.07, 6.45) is 4.10. The third-order valence-corrected chi connectivity index (χ3v) is 5.70. The van der Waals surface area contributed by atoms with Crippen LogP contribution in [0, 0.1) is 19.8 Å². The van der Waals surface area contributed by atoms with E-state index in [1.807, 2.05) is 45.2 Å². The average molecular weight is 389 g/mol. The predicted octanol–water partition coefficient (Wildman–Crippen LogP) is 2.54. The summed E-state index contributed by atoms with van der Waals surface area (Å²) in [5.74, 6) is 1.51. The third kappa shape index (κ3) is 4.61. The van der Waals surface area contributed by atoms with Gasteiger partial charge in [-0.1, -0.05) is 11.8 Å². The minimum Gasteiger partial charge on any atom is -0.356 e. The Labute approximate surface area is 165 Å². The molecular weight excluding hydrogens is 360 g/mol. The number of hydrogen-bond donors (Lipinski definition) is 0. The lowest BCUT2D eigenvalue weighted by Gasteiger charge is -2.34. The van der Waals surface area contributed by atoms with Crippen molar-refractivity contribution in [3.63, 3.8) is 0 Å². The molecule has 1 aliphatic heterocycles. The first-order chi connectivity index (χ1) is 12.9. The molecule has 0 aliphatic carbocycles. The molecular formula is C19H28N6OS. The van der Waals surface area contributed by atoms with E-state index in [-0.39, 0.29) is 5.91 Å². The monoisotopic (exact) mass is 388 g/mol. The molecule has 0 bridgehead atoms. The number of anilines is 1. The number of hydrogen-bond acceptors (Lipinski definition) is 6. The van der Waals surface area contributed by atoms with E-state index in [1.54, 1.807) is 16.4 Å². The second-order valence-electron chi connectivity index (χ2n) is 7.26. The van der Waals surface area contributed by atoms with Crippen LogP contribution < -0.4 is 4.90 Å². The summed E-state index contributed by atoms with van der Waals surface area (Å²) in [5.41, 5.74) is 2.52. The quantitative estimate of drug-likeness (QED) is 0.579. The fraction of sp³-hybridized carbons (Fsp3) is 0.579. The molecule has 3 heterocycles. The minimum absolute atomic E-state index is 0.00262. The van der Waals surface area contributed by atoms with Gasteiger partial charge in [0.05, 0.1) is 0 Å². The highest BCUT2D eigenvalue weighted by molar-refractivity contribution is 7.98. The highest BCUT2D eigenvalue weighted by Crippen LogP contribution is 2.24. The Bertz CT molecular complexity index is 793. The van der Waals surface area contributed by atoms with Gasteiger partial charge in [0.25, 0.3) is 5.91 Å². The van der Waals surface area contributed by atoms with Crippen molar-refractivity contribution >= 4 is 23.5 Å². The molecule has 0 aromatic carbocycles. The third-order valence-electron chi connectivity index (χ3n) is 5.15. The van der Waals surface area contributed by atoms with Crippen LogP contribution in [0.3, 0.4) is 0 Å². The fourth-order valence-corrected chi connectivity index (χ4v) is 3.87. The van der Waals surface area contributed by atoms with Gasteiger partial charge in [-0.3, -0.25) is 9.48 Å². The zero-order valence-corrected chi connectivity index (χ0v) is 17.6. The summed E-state index contributed by atoms with van der Waals surface area (Å²) < 4.78 is 1.74. The molecule has 1 amide bonds. The summed E-state index contributed by atoms with van der Waals surface area (Å²) >= 11 is 1.57. The lowest BCUT2D eigenvalue weighted by Crippen LogP contribution is -2.40. The maximum atomic E-state index is 12.6. The standard InChI is InChI=1S/C19H28N6OS/c1-13-10-17(21-19(20-13)27-5)25-8-6-15(7-9-25)12-23(3)18(26)16-11-14(2)24(4)22-16/h10-11,15H,6-9,12H2,1-5H3. The summed E-state index contributed by atoms with van der Waals surface area (Å²) in [6.45, 7) is 6.65. The second-order valence-corrected chi connectivity index (χ2v) is 8.04. The Kier molecular flexibility index (Phi) is 6.04. The number of amides is 1. The Hall–Kier alpha value is -2.09. The number of aromatic nitrogens is 4. The fourth-order valence-electron chi connectivity index (χ4n) is 3.45. The van der Waals surface area contributed by atoms with E-state index in [9.17, 15) is 4.79 Å². The van der Waals surface area contributed by atoms with Crippen molar-refractivity contribution in [2.75, 3.05) is 37.8 Å². The Morgan fingerprint density at radius 3 is 2.56 bits per heavy atom. The Morgan fingerprint density at radius 1 is 1.26 bits per heavy atom. The molecule has 0 radical (unpaired) electrons. The van der Waals surface area contributed by atoms with Crippen molar-refractivity contribution in [2.24, 2.45) is 13.0 Å². The zero-order valence-electron chi connectivity index (χ0n) is 16.8. The van der Waals surface area contributed by atoms with Gasteiger partial charge in [-0.2, -0.15) is 5.10 Å². The first-order valence-corrected chi connectivity index (χ1v) is 10.5. The molecule has 0 atom stereocenters. The number of carbonyl (C=O) groups is 1. The van der Waals surface area contributed by atoms with Crippen LogP contribution in [-0.4, -0.2) is 63.5 Å². The summed E-state index contributed by atoms with van der Waals surface area (Å²) in [6, 6.07) is 3.90. The van der Waals surface area contributed by atoms with Gasteiger partial charge in [0.1, 0.15) is 5.82 Å². The molecule has 1 aliphatic rings. The van der Waals surface area contributed by atoms with E-state index < -0.39 is 0 Å². The van der Waals surface area contributed by atoms with Crippen molar-refractivity contribution in [3.05, 3.63) is 29.2 Å². The first kappa shape index (κ1) is 19.7. The van der Waals surface area contributed by atoms with Gasteiger partial charge in [0.2, 0.25) is 0 Å². The van der Waals surface area contributed by atoms with Crippen LogP contribution in [0.5, 0.6) is 0 Å². The lowest BCUT2D eigenvalue weighted by atomic mass is 9.96. The van der Waals surface area contributed by atoms with E-state index in [0.29, 0.717) is 11.6 Å². The van der Waals surface area contributed by atoms with E-state index >= 15 is 0 Å². The molecule has 2 aromatic rings. The van der Waals surface area contributed by atoms with Crippen LogP contribution in [0.4, 0.5) is 5.82 Å². The molecule has 0 N–H and O–H groups in total. The van der Waals surface area contributed by atoms with Gasteiger partial charge in [0, 0.05) is 51.2 Å². The van der Waals surface area contributed by atoms with Gasteiger partial charge in [-0.05, 0) is 44.9 Å². The predicted molar refractivity (Wildman–Crippen MR) is 108 cm³/mol. The van der Waals surface area contributed by atoms with Crippen molar-refractivity contribution in [1.82, 2.24) is 24.6 Å². The normalized spacial score (nSPS) is 15.2. The molecule has 146 valence electrons. The zero-order chi connectivity index (χ0) is 19.6. The van der Waals surface area contributed by atoms with Crippen LogP contribution in [0.2, 0.25) is 0 Å². The van der Waals surface area contributed by atoms with Gasteiger partial charge in [-0.15, -0.1) is 0 Å². The molecule has 27 heavy (non-hydrogen) atoms. The van der Waals surface area contributed by atoms with Crippen LogP contribution in [0.1, 0.15) is 34.7 Å². The number of rotatable bonds is 5. The average Bonchev–Trinajstić information content (AvgIpc) is 2.99. The topological polar surface area (TPSA) is 67.2 Å². The van der Waals surface area contributed by atoms with Crippen LogP contribution in [-0.2, 0) is 7.05 Å². The molecule has 2 aromatic heterocycles. The van der Waals surface area contributed by atoms with Gasteiger partial charge in [0.15, 0.2) is 10.9 Å². The Morgan fingerprint density at radius 2 is 1.96 bits per heavy atom. The molecule has 1 fully saturated rings. The summed E-state index contributed by atoms with van der Waals surface area (Å²) in [5, 5.41) is 5.12. The highest BCUT2D eigenvalue weighted by Gasteiger charge is 2.24. The van der Waals surface area contributed by atoms with Crippen LogP contribution in [0.15, 0.2) is 17.3 Å². The van der Waals surface area contributed by atoms with Gasteiger partial charge in [-0.25, -0.2) is 9.97 Å². The molecule has 3 rings (SSSR count). The minimum atomic E-state index is -0.00262. The van der Waals surface area contributed by atoms with Crippen molar-refractivity contribution in [1.29, 1.82) is 0 Å². The SMILES string of the molecule is CSc1nc(C)cc(N2CCC(CN(C)C(=O)c3cc(C)n(C)n3)CC2)n1. The number of carbonyl (C=O) groups excluding carboxylic acids is 1. The first-order valence-electron chi connectivity index (χ1n) is 9.28. The highest BCUT2D eigenvalue weighted by atomic mass is 32.2. The smallest absolute Gasteiger partial charge is 0.274 e. The van der Waals surface area contributed by atoms with E-state index in [0.717, 1.165) is 54.8 Å². The van der Waals surface area contributed by atoms with E-state index in [1.165, 1.54) is 0 Å². The number of nitrogens with zero attached hydrogens (tertiary/aromatic N) is 6. The second kappa shape index (κ2) is 8.29. The summed E-state index contributed by atoms with van der Waals surface area (Å²) in [4.78, 5) is 25.8. The van der Waals surface area contributed by atoms with Crippen LogP contribution in [0.25, 0.3) is 0 Å². The molecule has 0 saturated carbocycles. The maximum absolute atomic E-state index is 12.6. The van der Waals surface area contributed by atoms with Crippen LogP contribution >= 0.6 is 11.8 Å². The van der Waals surface area contributed by atoms with E-state index in [2.05, 4.69) is 26.0 Å². The Balaban J connectivity index is 1.56. The molecule has 8 heteroatoms. The summed E-state index contributed by atoms with van der Waals surface area (Å²) in [7, 11) is 3.73. The van der Waals surface area contributed by atoms with Crippen molar-refractivity contribution in [2.45, 2.75) is 31.8 Å². The lowest BCUT2D eigenvalue weighted by molar-refractivity contribution is 0.0758. The number of piperidine rings is 1. The van der Waals surface area contributed by atoms with Crippen molar-refractivity contribution in [3.8, 4) is 0 Å². The van der Waals surface area contributed by atoms with E-state index in [4.69, 9.17) is 0 Å². The molecule has 0 spiro atoms. The van der Waals surface area contributed by atoms with Gasteiger partial charge < -0.3 is 9.80 Å². The maximum Gasteiger partial charge on any atom is 0.274 e. The van der Waals surface area contributed by atoms with Crippen molar-refractivity contribution < 1.29 is 4.79 Å². The molecule has 1 saturated heterocycles. The largest absolute Gasteiger partial charge is 0.356 e. The van der Waals surface area contributed by atoms with Gasteiger partial charge >= 0.3 is 0 Å². The number of aryl methyl sites for hydroxylation is 3. The number of thioether (sulfide) groups is 1.